The summed E-state index contributed by atoms with van der Waals surface area (Å²) in [7, 11) is 0. The molecule has 0 aliphatic carbocycles. The minimum Gasteiger partial charge on any atom is -0.456 e. The van der Waals surface area contributed by atoms with Crippen LogP contribution in [0.5, 0.6) is 0 Å². The molecule has 0 fully saturated rings. The van der Waals surface area contributed by atoms with E-state index in [0.29, 0.717) is 11.1 Å². The zero-order valence-corrected chi connectivity index (χ0v) is 15.1. The second-order valence-corrected chi connectivity index (χ2v) is 5.97. The van der Waals surface area contributed by atoms with Gasteiger partial charge in [0.1, 0.15) is 12.4 Å². The van der Waals surface area contributed by atoms with E-state index in [0.717, 1.165) is 16.7 Å². The number of hydrogen-bond acceptors (Lipinski definition) is 6. The number of aryl methyl sites for hydroxylation is 1. The number of rotatable bonds is 7. The Bertz CT molecular complexity index is 1040. The Labute approximate surface area is 159 Å². The van der Waals surface area contributed by atoms with Crippen LogP contribution in [-0.4, -0.2) is 28.1 Å². The Kier molecular flexibility index (Phi) is 5.78. The molecule has 1 aromatic heterocycles. The monoisotopic (exact) mass is 384 g/mol. The normalized spacial score (nSPS) is 10.6. The van der Waals surface area contributed by atoms with E-state index in [9.17, 15) is 18.8 Å². The van der Waals surface area contributed by atoms with Crippen LogP contribution in [-0.2, 0) is 22.5 Å². The Hall–Kier alpha value is -3.55. The number of esters is 1. The molecule has 1 heterocycles. The molecule has 28 heavy (non-hydrogen) atoms. The van der Waals surface area contributed by atoms with Gasteiger partial charge >= 0.3 is 11.7 Å². The number of ether oxygens (including phenoxy) is 1. The predicted octanol–water partition coefficient (Wildman–Crippen LogP) is 2.63. The summed E-state index contributed by atoms with van der Waals surface area (Å²) in [6.45, 7) is 1.05. The minimum absolute atomic E-state index is 0.0510. The molecular formula is C20H17FN2O5. The van der Waals surface area contributed by atoms with Gasteiger partial charge in [0.25, 0.3) is 0 Å². The quantitative estimate of drug-likeness (QED) is 0.459. The Morgan fingerprint density at radius 2 is 1.79 bits per heavy atom. The average molecular weight is 384 g/mol. The van der Waals surface area contributed by atoms with Crippen LogP contribution in [0.3, 0.4) is 0 Å². The van der Waals surface area contributed by atoms with Crippen molar-refractivity contribution in [2.75, 3.05) is 6.61 Å². The third kappa shape index (κ3) is 4.59. The van der Waals surface area contributed by atoms with E-state index in [2.05, 4.69) is 5.10 Å². The summed E-state index contributed by atoms with van der Waals surface area (Å²) in [5.41, 5.74) is 1.91. The maximum absolute atomic E-state index is 13.0. The van der Waals surface area contributed by atoms with E-state index in [1.807, 2.05) is 19.1 Å². The molecule has 0 unspecified atom stereocenters. The molecule has 0 atom stereocenters. The van der Waals surface area contributed by atoms with Crippen molar-refractivity contribution in [2.24, 2.45) is 0 Å². The van der Waals surface area contributed by atoms with Crippen LogP contribution in [0.25, 0.3) is 11.5 Å². The van der Waals surface area contributed by atoms with Crippen LogP contribution in [0.15, 0.2) is 57.7 Å². The standard InChI is InChI=1S/C20H17FN2O5/c1-2-13-3-5-14(6-4-13)17(24)12-27-18(25)11-23-20(26)28-19(22-23)15-7-9-16(21)10-8-15/h3-10H,2,11-12H2,1H3. The van der Waals surface area contributed by atoms with Gasteiger partial charge in [-0.05, 0) is 36.2 Å². The maximum Gasteiger partial charge on any atom is 0.437 e. The minimum atomic E-state index is -0.863. The van der Waals surface area contributed by atoms with Gasteiger partial charge < -0.3 is 9.15 Å². The molecule has 8 heteroatoms. The molecule has 7 nitrogen and oxygen atoms in total. The molecule has 0 saturated carbocycles. The van der Waals surface area contributed by atoms with Crippen LogP contribution < -0.4 is 5.76 Å². The first-order chi connectivity index (χ1) is 13.5. The number of Topliss-reactive ketones (excluding diaryl/α,β-unsaturated/α-hetero) is 1. The SMILES string of the molecule is CCc1ccc(C(=O)COC(=O)Cn2nc(-c3ccc(F)cc3)oc2=O)cc1. The Morgan fingerprint density at radius 1 is 1.11 bits per heavy atom. The molecule has 144 valence electrons. The van der Waals surface area contributed by atoms with Gasteiger partial charge in [-0.1, -0.05) is 31.2 Å². The lowest BCUT2D eigenvalue weighted by molar-refractivity contribution is -0.143. The molecule has 0 bridgehead atoms. The smallest absolute Gasteiger partial charge is 0.437 e. The number of carbonyl (C=O) groups excluding carboxylic acids is 2. The fraction of sp³-hybridized carbons (Fsp3) is 0.200. The largest absolute Gasteiger partial charge is 0.456 e. The van der Waals surface area contributed by atoms with Gasteiger partial charge in [0.05, 0.1) is 0 Å². The molecular weight excluding hydrogens is 367 g/mol. The van der Waals surface area contributed by atoms with Gasteiger partial charge in [-0.25, -0.2) is 9.18 Å². The van der Waals surface area contributed by atoms with Crippen molar-refractivity contribution in [1.29, 1.82) is 0 Å². The number of carbonyl (C=O) groups is 2. The molecule has 2 aromatic carbocycles. The van der Waals surface area contributed by atoms with Gasteiger partial charge in [-0.3, -0.25) is 9.59 Å². The Morgan fingerprint density at radius 3 is 2.43 bits per heavy atom. The van der Waals surface area contributed by atoms with Gasteiger partial charge in [0.15, 0.2) is 12.4 Å². The first-order valence-electron chi connectivity index (χ1n) is 8.58. The Balaban J connectivity index is 1.59. The first-order valence-corrected chi connectivity index (χ1v) is 8.58. The summed E-state index contributed by atoms with van der Waals surface area (Å²) < 4.78 is 23.6. The van der Waals surface area contributed by atoms with E-state index in [1.165, 1.54) is 24.3 Å². The van der Waals surface area contributed by atoms with Crippen LogP contribution >= 0.6 is 0 Å². The lowest BCUT2D eigenvalue weighted by Gasteiger charge is -2.04. The number of benzene rings is 2. The second kappa shape index (κ2) is 8.43. The third-order valence-corrected chi connectivity index (χ3v) is 4.02. The van der Waals surface area contributed by atoms with Crippen molar-refractivity contribution in [1.82, 2.24) is 9.78 Å². The summed E-state index contributed by atoms with van der Waals surface area (Å²) in [5.74, 6) is -2.51. The van der Waals surface area contributed by atoms with Crippen LogP contribution in [0, 0.1) is 5.82 Å². The molecule has 0 saturated heterocycles. The van der Waals surface area contributed by atoms with Crippen LogP contribution in [0.1, 0.15) is 22.8 Å². The van der Waals surface area contributed by atoms with Crippen LogP contribution in [0.4, 0.5) is 4.39 Å². The van der Waals surface area contributed by atoms with E-state index >= 15 is 0 Å². The van der Waals surface area contributed by atoms with Crippen molar-refractivity contribution >= 4 is 11.8 Å². The van der Waals surface area contributed by atoms with E-state index in [4.69, 9.17) is 9.15 Å². The molecule has 0 spiro atoms. The van der Waals surface area contributed by atoms with Crippen molar-refractivity contribution in [3.8, 4) is 11.5 Å². The fourth-order valence-electron chi connectivity index (χ4n) is 2.44. The van der Waals surface area contributed by atoms with E-state index in [1.54, 1.807) is 12.1 Å². The fourth-order valence-corrected chi connectivity index (χ4v) is 2.44. The molecule has 0 radical (unpaired) electrons. The summed E-state index contributed by atoms with van der Waals surface area (Å²) in [5, 5.41) is 3.88. The highest BCUT2D eigenvalue weighted by atomic mass is 19.1. The summed E-state index contributed by atoms with van der Waals surface area (Å²) >= 11 is 0. The molecule has 0 amide bonds. The lowest BCUT2D eigenvalue weighted by atomic mass is 10.1. The maximum atomic E-state index is 13.0. The highest BCUT2D eigenvalue weighted by Gasteiger charge is 2.15. The number of nitrogens with zero attached hydrogens (tertiary/aromatic N) is 2. The lowest BCUT2D eigenvalue weighted by Crippen LogP contribution is -2.24. The molecule has 3 aromatic rings. The average Bonchev–Trinajstić information content (AvgIpc) is 3.07. The summed E-state index contributed by atoms with van der Waals surface area (Å²) in [6, 6.07) is 12.2. The number of ketones is 1. The van der Waals surface area contributed by atoms with Gasteiger partial charge in [-0.2, -0.15) is 4.68 Å². The summed E-state index contributed by atoms with van der Waals surface area (Å²) in [6.07, 6.45) is 0.857. The van der Waals surface area contributed by atoms with Crippen molar-refractivity contribution in [3.63, 3.8) is 0 Å². The summed E-state index contributed by atoms with van der Waals surface area (Å²) in [4.78, 5) is 35.8. The zero-order chi connectivity index (χ0) is 20.1. The molecule has 0 aliphatic heterocycles. The van der Waals surface area contributed by atoms with Gasteiger partial charge in [0.2, 0.25) is 5.89 Å². The second-order valence-electron chi connectivity index (χ2n) is 5.97. The number of hydrogen-bond donors (Lipinski definition) is 0. The van der Waals surface area contributed by atoms with Gasteiger partial charge in [-0.15, -0.1) is 5.10 Å². The number of halogens is 1. The molecule has 0 aliphatic rings. The van der Waals surface area contributed by atoms with Crippen molar-refractivity contribution in [2.45, 2.75) is 19.9 Å². The topological polar surface area (TPSA) is 91.4 Å². The highest BCUT2D eigenvalue weighted by Crippen LogP contribution is 2.15. The van der Waals surface area contributed by atoms with Crippen molar-refractivity contribution in [3.05, 3.63) is 76.0 Å². The van der Waals surface area contributed by atoms with Crippen LogP contribution in [0.2, 0.25) is 0 Å². The van der Waals surface area contributed by atoms with Gasteiger partial charge in [0, 0.05) is 11.1 Å². The number of aromatic nitrogens is 2. The molecule has 0 N–H and O–H groups in total. The highest BCUT2D eigenvalue weighted by molar-refractivity contribution is 5.97. The van der Waals surface area contributed by atoms with E-state index in [-0.39, 0.29) is 11.7 Å². The predicted molar refractivity (Wildman–Crippen MR) is 97.3 cm³/mol. The van der Waals surface area contributed by atoms with Crippen molar-refractivity contribution < 1.29 is 23.1 Å². The van der Waals surface area contributed by atoms with E-state index < -0.39 is 30.7 Å². The third-order valence-electron chi connectivity index (χ3n) is 4.02. The molecule has 3 rings (SSSR count). The first kappa shape index (κ1) is 19.2. The zero-order valence-electron chi connectivity index (χ0n) is 15.1.